The molecule has 2 aromatic rings. The number of rotatable bonds is 4. The van der Waals surface area contributed by atoms with Crippen LogP contribution in [-0.2, 0) is 14.9 Å². The fraction of sp³-hybridized carbons (Fsp3) is 0.381. The van der Waals surface area contributed by atoms with Gasteiger partial charge >= 0.3 is 0 Å². The first-order valence-corrected chi connectivity index (χ1v) is 8.63. The Morgan fingerprint density at radius 1 is 1.04 bits per heavy atom. The van der Waals surface area contributed by atoms with Crippen molar-refractivity contribution >= 4 is 5.91 Å². The van der Waals surface area contributed by atoms with E-state index in [0.717, 1.165) is 18.4 Å². The molecule has 2 aromatic carbocycles. The van der Waals surface area contributed by atoms with Crippen molar-refractivity contribution in [1.82, 2.24) is 5.32 Å². The highest BCUT2D eigenvalue weighted by Crippen LogP contribution is 2.35. The molecule has 0 saturated carbocycles. The van der Waals surface area contributed by atoms with E-state index in [0.29, 0.717) is 13.2 Å². The molecular formula is C21H25NO2. The fourth-order valence-corrected chi connectivity index (χ4v) is 3.61. The van der Waals surface area contributed by atoms with Gasteiger partial charge in [0.25, 0.3) is 0 Å². The minimum Gasteiger partial charge on any atom is -0.381 e. The largest absolute Gasteiger partial charge is 0.381 e. The van der Waals surface area contributed by atoms with Gasteiger partial charge in [-0.3, -0.25) is 4.79 Å². The molecule has 3 rings (SSSR count). The number of amides is 1. The van der Waals surface area contributed by atoms with Gasteiger partial charge in [0.2, 0.25) is 5.91 Å². The van der Waals surface area contributed by atoms with Crippen molar-refractivity contribution in [3.8, 4) is 0 Å². The molecule has 1 atom stereocenters. The Labute approximate surface area is 144 Å². The normalized spacial score (nSPS) is 17.9. The van der Waals surface area contributed by atoms with E-state index in [9.17, 15) is 4.79 Å². The molecule has 0 aromatic heterocycles. The maximum Gasteiger partial charge on any atom is 0.231 e. The first-order valence-electron chi connectivity index (χ1n) is 8.63. The quantitative estimate of drug-likeness (QED) is 0.926. The third kappa shape index (κ3) is 3.22. The third-order valence-corrected chi connectivity index (χ3v) is 5.11. The standard InChI is InChI=1S/C21H25NO2/c1-16-8-6-7-11-19(16)17(2)22-20(23)21(12-14-24-15-13-21)18-9-4-3-5-10-18/h3-11,17H,12-15H2,1-2H3,(H,22,23)/t17-/m1/s1. The van der Waals surface area contributed by atoms with E-state index in [2.05, 4.69) is 43.4 Å². The number of benzene rings is 2. The molecule has 1 amide bonds. The predicted octanol–water partition coefficient (Wildman–Crippen LogP) is 3.92. The minimum atomic E-state index is -0.490. The van der Waals surface area contributed by atoms with Crippen LogP contribution in [0.5, 0.6) is 0 Å². The van der Waals surface area contributed by atoms with Gasteiger partial charge in [-0.2, -0.15) is 0 Å². The summed E-state index contributed by atoms with van der Waals surface area (Å²) < 4.78 is 5.53. The Hall–Kier alpha value is -2.13. The summed E-state index contributed by atoms with van der Waals surface area (Å²) in [6.07, 6.45) is 1.45. The van der Waals surface area contributed by atoms with Gasteiger partial charge in [-0.15, -0.1) is 0 Å². The Balaban J connectivity index is 1.86. The van der Waals surface area contributed by atoms with Crippen LogP contribution >= 0.6 is 0 Å². The molecule has 3 heteroatoms. The van der Waals surface area contributed by atoms with Gasteiger partial charge in [0.1, 0.15) is 0 Å². The predicted molar refractivity (Wildman–Crippen MR) is 95.9 cm³/mol. The number of carbonyl (C=O) groups excluding carboxylic acids is 1. The number of hydrogen-bond donors (Lipinski definition) is 1. The lowest BCUT2D eigenvalue weighted by molar-refractivity contribution is -0.131. The first kappa shape index (κ1) is 16.7. The van der Waals surface area contributed by atoms with Crippen LogP contribution in [0.4, 0.5) is 0 Å². The van der Waals surface area contributed by atoms with Gasteiger partial charge in [0, 0.05) is 13.2 Å². The summed E-state index contributed by atoms with van der Waals surface area (Å²) in [5.41, 5.74) is 2.96. The monoisotopic (exact) mass is 323 g/mol. The van der Waals surface area contributed by atoms with Crippen molar-refractivity contribution in [2.45, 2.75) is 38.1 Å². The maximum atomic E-state index is 13.2. The van der Waals surface area contributed by atoms with Gasteiger partial charge in [-0.05, 0) is 43.4 Å². The van der Waals surface area contributed by atoms with Gasteiger partial charge in [0.15, 0.2) is 0 Å². The highest BCUT2D eigenvalue weighted by Gasteiger charge is 2.42. The summed E-state index contributed by atoms with van der Waals surface area (Å²) in [4.78, 5) is 13.2. The van der Waals surface area contributed by atoms with E-state index in [1.807, 2.05) is 30.3 Å². The second-order valence-corrected chi connectivity index (χ2v) is 6.61. The summed E-state index contributed by atoms with van der Waals surface area (Å²) in [6, 6.07) is 18.3. The molecule has 1 N–H and O–H groups in total. The molecule has 3 nitrogen and oxygen atoms in total. The van der Waals surface area contributed by atoms with Crippen LogP contribution in [0.25, 0.3) is 0 Å². The van der Waals surface area contributed by atoms with Crippen molar-refractivity contribution < 1.29 is 9.53 Å². The highest BCUT2D eigenvalue weighted by atomic mass is 16.5. The van der Waals surface area contributed by atoms with Crippen molar-refractivity contribution in [2.75, 3.05) is 13.2 Å². The highest BCUT2D eigenvalue weighted by molar-refractivity contribution is 5.88. The van der Waals surface area contributed by atoms with E-state index in [-0.39, 0.29) is 11.9 Å². The average molecular weight is 323 g/mol. The van der Waals surface area contributed by atoms with Crippen LogP contribution in [-0.4, -0.2) is 19.1 Å². The summed E-state index contributed by atoms with van der Waals surface area (Å²) in [5, 5.41) is 3.25. The first-order chi connectivity index (χ1) is 11.6. The lowest BCUT2D eigenvalue weighted by Gasteiger charge is -2.37. The summed E-state index contributed by atoms with van der Waals surface area (Å²) in [6.45, 7) is 5.39. The van der Waals surface area contributed by atoms with Crippen LogP contribution in [0.15, 0.2) is 54.6 Å². The smallest absolute Gasteiger partial charge is 0.231 e. The molecular weight excluding hydrogens is 298 g/mol. The molecule has 126 valence electrons. The van der Waals surface area contributed by atoms with Crippen LogP contribution in [0, 0.1) is 6.92 Å². The van der Waals surface area contributed by atoms with Crippen LogP contribution in [0.1, 0.15) is 42.5 Å². The van der Waals surface area contributed by atoms with Crippen molar-refractivity contribution in [3.63, 3.8) is 0 Å². The maximum absolute atomic E-state index is 13.2. The summed E-state index contributed by atoms with van der Waals surface area (Å²) in [7, 11) is 0. The van der Waals surface area contributed by atoms with Crippen molar-refractivity contribution in [1.29, 1.82) is 0 Å². The molecule has 24 heavy (non-hydrogen) atoms. The van der Waals surface area contributed by atoms with Gasteiger partial charge < -0.3 is 10.1 Å². The molecule has 1 aliphatic rings. The zero-order valence-electron chi connectivity index (χ0n) is 14.4. The zero-order chi connectivity index (χ0) is 17.0. The molecule has 0 unspecified atom stereocenters. The topological polar surface area (TPSA) is 38.3 Å². The number of carbonyl (C=O) groups is 1. The fourth-order valence-electron chi connectivity index (χ4n) is 3.61. The van der Waals surface area contributed by atoms with Crippen LogP contribution in [0.2, 0.25) is 0 Å². The third-order valence-electron chi connectivity index (χ3n) is 5.11. The molecule has 1 fully saturated rings. The van der Waals surface area contributed by atoms with Crippen molar-refractivity contribution in [2.24, 2.45) is 0 Å². The summed E-state index contributed by atoms with van der Waals surface area (Å²) in [5.74, 6) is 0.104. The van der Waals surface area contributed by atoms with E-state index in [1.54, 1.807) is 0 Å². The van der Waals surface area contributed by atoms with Crippen LogP contribution in [0.3, 0.4) is 0 Å². The Morgan fingerprint density at radius 2 is 1.67 bits per heavy atom. The molecule has 1 aliphatic heterocycles. The molecule has 0 radical (unpaired) electrons. The van der Waals surface area contributed by atoms with Gasteiger partial charge in [-0.1, -0.05) is 54.6 Å². The molecule has 0 spiro atoms. The van der Waals surface area contributed by atoms with E-state index in [4.69, 9.17) is 4.74 Å². The zero-order valence-corrected chi connectivity index (χ0v) is 14.4. The Bertz CT molecular complexity index is 690. The Kier molecular flexibility index (Phi) is 5.00. The lowest BCUT2D eigenvalue weighted by Crippen LogP contribution is -2.48. The van der Waals surface area contributed by atoms with Crippen LogP contribution < -0.4 is 5.32 Å². The SMILES string of the molecule is Cc1ccccc1[C@@H](C)NC(=O)C1(c2ccccc2)CCOCC1. The van der Waals surface area contributed by atoms with Gasteiger partial charge in [0.05, 0.1) is 11.5 Å². The van der Waals surface area contributed by atoms with E-state index in [1.165, 1.54) is 11.1 Å². The average Bonchev–Trinajstić information content (AvgIpc) is 2.63. The number of aryl methyl sites for hydroxylation is 1. The lowest BCUT2D eigenvalue weighted by atomic mass is 9.73. The molecule has 1 heterocycles. The Morgan fingerprint density at radius 3 is 2.33 bits per heavy atom. The van der Waals surface area contributed by atoms with Gasteiger partial charge in [-0.25, -0.2) is 0 Å². The molecule has 1 saturated heterocycles. The molecule has 0 bridgehead atoms. The van der Waals surface area contributed by atoms with E-state index < -0.39 is 5.41 Å². The number of ether oxygens (including phenoxy) is 1. The second-order valence-electron chi connectivity index (χ2n) is 6.61. The minimum absolute atomic E-state index is 0.0119. The van der Waals surface area contributed by atoms with Crippen molar-refractivity contribution in [3.05, 3.63) is 71.3 Å². The summed E-state index contributed by atoms with van der Waals surface area (Å²) >= 11 is 0. The number of nitrogens with one attached hydrogen (secondary N) is 1. The second kappa shape index (κ2) is 7.18. The molecule has 0 aliphatic carbocycles. The number of hydrogen-bond acceptors (Lipinski definition) is 2. The van der Waals surface area contributed by atoms with E-state index >= 15 is 0 Å².